The van der Waals surface area contributed by atoms with Crippen LogP contribution >= 0.6 is 11.6 Å². The number of anilines is 2. The van der Waals surface area contributed by atoms with Crippen LogP contribution in [0.3, 0.4) is 0 Å². The van der Waals surface area contributed by atoms with Gasteiger partial charge in [-0.25, -0.2) is 4.79 Å². The second kappa shape index (κ2) is 8.24. The Balaban J connectivity index is 2.59. The fourth-order valence-corrected chi connectivity index (χ4v) is 2.59. The van der Waals surface area contributed by atoms with E-state index in [1.54, 1.807) is 0 Å². The number of carbonyl (C=O) groups excluding carboxylic acids is 1. The average Bonchev–Trinajstić information content (AvgIpc) is 3.00. The van der Waals surface area contributed by atoms with Crippen LogP contribution in [0, 0.1) is 5.92 Å². The number of carbonyl (C=O) groups is 1. The molecule has 2 heterocycles. The van der Waals surface area contributed by atoms with E-state index in [1.165, 1.54) is 23.8 Å². The molecule has 0 saturated carbocycles. The first-order chi connectivity index (χ1) is 12.3. The average molecular weight is 385 g/mol. The van der Waals surface area contributed by atoms with Gasteiger partial charge in [0.15, 0.2) is 16.7 Å². The Morgan fingerprint density at radius 3 is 2.65 bits per heavy atom. The van der Waals surface area contributed by atoms with Gasteiger partial charge in [0.05, 0.1) is 13.2 Å². The number of nitrogens with zero attached hydrogens (tertiary/aromatic N) is 2. The molecule has 2 rings (SSSR count). The second-order valence-electron chi connectivity index (χ2n) is 6.05. The van der Waals surface area contributed by atoms with E-state index >= 15 is 0 Å². The maximum atomic E-state index is 12.8. The summed E-state index contributed by atoms with van der Waals surface area (Å²) in [5.74, 6) is -0.692. The zero-order chi connectivity index (χ0) is 19.4. The number of H-pyrrole nitrogens is 1. The standard InChI is InChI=1S/C16H21ClN4O5/c1-9(2)8-21-13(18)12(14(22)19-16(21)24)20(6-7-25-3)15(23)10-4-5-11(17)26-10/h4-5,9H,6-8,18H2,1-3H3,(H,19,22,24). The van der Waals surface area contributed by atoms with E-state index in [2.05, 4.69) is 4.98 Å². The molecule has 0 saturated heterocycles. The van der Waals surface area contributed by atoms with Crippen LogP contribution in [-0.4, -0.2) is 35.7 Å². The Hall–Kier alpha value is -2.52. The Labute approximate surface area is 154 Å². The molecular formula is C16H21ClN4O5. The predicted octanol–water partition coefficient (Wildman–Crippen LogP) is 1.31. The first-order valence-corrected chi connectivity index (χ1v) is 8.32. The van der Waals surface area contributed by atoms with Crippen molar-refractivity contribution in [3.63, 3.8) is 0 Å². The number of aromatic amines is 1. The summed E-state index contributed by atoms with van der Waals surface area (Å²) >= 11 is 5.73. The second-order valence-corrected chi connectivity index (χ2v) is 6.42. The molecule has 9 nitrogen and oxygen atoms in total. The summed E-state index contributed by atoms with van der Waals surface area (Å²) in [4.78, 5) is 40.6. The van der Waals surface area contributed by atoms with Gasteiger partial charge in [-0.3, -0.25) is 24.0 Å². The Bertz CT molecular complexity index is 899. The third-order valence-corrected chi connectivity index (χ3v) is 3.78. The zero-order valence-electron chi connectivity index (χ0n) is 14.7. The molecular weight excluding hydrogens is 364 g/mol. The molecule has 2 aromatic heterocycles. The molecule has 3 N–H and O–H groups in total. The number of nitrogens with two attached hydrogens (primary N) is 1. The van der Waals surface area contributed by atoms with Crippen molar-refractivity contribution < 1.29 is 13.9 Å². The largest absolute Gasteiger partial charge is 0.440 e. The molecule has 0 aliphatic carbocycles. The highest BCUT2D eigenvalue weighted by Crippen LogP contribution is 2.22. The molecule has 0 atom stereocenters. The minimum Gasteiger partial charge on any atom is -0.440 e. The van der Waals surface area contributed by atoms with Gasteiger partial charge in [-0.2, -0.15) is 0 Å². The van der Waals surface area contributed by atoms with Gasteiger partial charge in [0, 0.05) is 13.7 Å². The highest BCUT2D eigenvalue weighted by atomic mass is 35.5. The van der Waals surface area contributed by atoms with Crippen molar-refractivity contribution in [3.8, 4) is 0 Å². The SMILES string of the molecule is COCCN(C(=O)c1ccc(Cl)o1)c1c(N)n(CC(C)C)c(=O)[nH]c1=O. The number of aromatic nitrogens is 2. The van der Waals surface area contributed by atoms with Crippen LogP contribution in [0.4, 0.5) is 11.5 Å². The summed E-state index contributed by atoms with van der Waals surface area (Å²) in [5, 5.41) is 0.0340. The lowest BCUT2D eigenvalue weighted by Crippen LogP contribution is -2.42. The number of amides is 1. The predicted molar refractivity (Wildman–Crippen MR) is 97.8 cm³/mol. The monoisotopic (exact) mass is 384 g/mol. The fraction of sp³-hybridized carbons (Fsp3) is 0.438. The maximum Gasteiger partial charge on any atom is 0.330 e. The quantitative estimate of drug-likeness (QED) is 0.741. The molecule has 0 spiro atoms. The Morgan fingerprint density at radius 1 is 1.42 bits per heavy atom. The molecule has 2 aromatic rings. The summed E-state index contributed by atoms with van der Waals surface area (Å²) in [6, 6.07) is 2.80. The van der Waals surface area contributed by atoms with Gasteiger partial charge in [-0.15, -0.1) is 0 Å². The topological polar surface area (TPSA) is 124 Å². The Morgan fingerprint density at radius 2 is 2.12 bits per heavy atom. The van der Waals surface area contributed by atoms with Crippen molar-refractivity contribution >= 4 is 29.0 Å². The summed E-state index contributed by atoms with van der Waals surface area (Å²) in [5.41, 5.74) is 4.54. The number of nitrogens with one attached hydrogen (secondary N) is 1. The van der Waals surface area contributed by atoms with Gasteiger partial charge >= 0.3 is 5.69 Å². The highest BCUT2D eigenvalue weighted by Gasteiger charge is 2.27. The maximum absolute atomic E-state index is 12.8. The van der Waals surface area contributed by atoms with Crippen LogP contribution in [0.2, 0.25) is 5.22 Å². The number of halogens is 1. The number of ether oxygens (including phenoxy) is 1. The van der Waals surface area contributed by atoms with Gasteiger partial charge in [0.2, 0.25) is 0 Å². The lowest BCUT2D eigenvalue weighted by Gasteiger charge is -2.23. The molecule has 10 heteroatoms. The van der Waals surface area contributed by atoms with Crippen molar-refractivity contribution in [2.24, 2.45) is 5.92 Å². The van der Waals surface area contributed by atoms with Gasteiger partial charge in [0.25, 0.3) is 11.5 Å². The fourth-order valence-electron chi connectivity index (χ4n) is 2.44. The number of methoxy groups -OCH3 is 1. The molecule has 0 aliphatic rings. The number of hydrogen-bond donors (Lipinski definition) is 2. The zero-order valence-corrected chi connectivity index (χ0v) is 15.5. The molecule has 0 fully saturated rings. The molecule has 0 unspecified atom stereocenters. The number of rotatable bonds is 7. The van der Waals surface area contributed by atoms with Gasteiger partial charge in [-0.05, 0) is 29.7 Å². The lowest BCUT2D eigenvalue weighted by molar-refractivity contribution is 0.0949. The first kappa shape index (κ1) is 19.8. The third kappa shape index (κ3) is 4.17. The van der Waals surface area contributed by atoms with Crippen LogP contribution < -0.4 is 21.9 Å². The van der Waals surface area contributed by atoms with E-state index in [-0.39, 0.29) is 48.1 Å². The lowest BCUT2D eigenvalue weighted by atomic mass is 10.2. The normalized spacial score (nSPS) is 11.1. The van der Waals surface area contributed by atoms with E-state index in [9.17, 15) is 14.4 Å². The first-order valence-electron chi connectivity index (χ1n) is 7.95. The van der Waals surface area contributed by atoms with Crippen LogP contribution in [0.5, 0.6) is 0 Å². The minimum absolute atomic E-state index is 0.0286. The van der Waals surface area contributed by atoms with Crippen molar-refractivity contribution in [1.82, 2.24) is 9.55 Å². The van der Waals surface area contributed by atoms with Crippen molar-refractivity contribution in [3.05, 3.63) is 44.0 Å². The van der Waals surface area contributed by atoms with Gasteiger partial charge in [0.1, 0.15) is 5.82 Å². The van der Waals surface area contributed by atoms with Gasteiger partial charge in [-0.1, -0.05) is 13.8 Å². The molecule has 26 heavy (non-hydrogen) atoms. The summed E-state index contributed by atoms with van der Waals surface area (Å²) in [6.45, 7) is 4.25. The van der Waals surface area contributed by atoms with E-state index in [1.807, 2.05) is 13.8 Å². The smallest absolute Gasteiger partial charge is 0.330 e. The van der Waals surface area contributed by atoms with Crippen molar-refractivity contribution in [2.45, 2.75) is 20.4 Å². The van der Waals surface area contributed by atoms with Crippen LogP contribution in [0.1, 0.15) is 24.4 Å². The van der Waals surface area contributed by atoms with Crippen LogP contribution in [0.15, 0.2) is 26.1 Å². The van der Waals surface area contributed by atoms with Crippen molar-refractivity contribution in [1.29, 1.82) is 0 Å². The van der Waals surface area contributed by atoms with Crippen molar-refractivity contribution in [2.75, 3.05) is 30.9 Å². The molecule has 0 bridgehead atoms. The highest BCUT2D eigenvalue weighted by molar-refractivity contribution is 6.29. The molecule has 0 radical (unpaired) electrons. The summed E-state index contributed by atoms with van der Waals surface area (Å²) in [7, 11) is 1.46. The van der Waals surface area contributed by atoms with Crippen LogP contribution in [-0.2, 0) is 11.3 Å². The van der Waals surface area contributed by atoms with E-state index in [0.717, 1.165) is 4.90 Å². The number of hydrogen-bond acceptors (Lipinski definition) is 6. The molecule has 0 aromatic carbocycles. The third-order valence-electron chi connectivity index (χ3n) is 3.58. The summed E-state index contributed by atoms with van der Waals surface area (Å²) < 4.78 is 11.4. The molecule has 1 amide bonds. The number of furan rings is 1. The van der Waals surface area contributed by atoms with E-state index < -0.39 is 17.2 Å². The summed E-state index contributed by atoms with van der Waals surface area (Å²) in [6.07, 6.45) is 0. The molecule has 0 aliphatic heterocycles. The van der Waals surface area contributed by atoms with E-state index in [4.69, 9.17) is 26.5 Å². The minimum atomic E-state index is -0.769. The Kier molecular flexibility index (Phi) is 6.27. The van der Waals surface area contributed by atoms with E-state index in [0.29, 0.717) is 0 Å². The molecule has 142 valence electrons. The number of nitrogen functional groups attached to an aromatic ring is 1. The van der Waals surface area contributed by atoms with Gasteiger partial charge < -0.3 is 14.9 Å². The van der Waals surface area contributed by atoms with Crippen LogP contribution in [0.25, 0.3) is 0 Å².